The Bertz CT molecular complexity index is 733. The van der Waals surface area contributed by atoms with Gasteiger partial charge in [0.05, 0.1) is 10.6 Å². The number of carboxylic acids is 1. The highest BCUT2D eigenvalue weighted by atomic mass is 19.1. The van der Waals surface area contributed by atoms with Crippen LogP contribution < -0.4 is 5.32 Å². The molecule has 0 radical (unpaired) electrons. The molecule has 0 amide bonds. The molecule has 0 atom stereocenters. The molecule has 2 N–H and O–H groups in total. The number of nitro groups is 1. The summed E-state index contributed by atoms with van der Waals surface area (Å²) in [4.78, 5) is 24.6. The van der Waals surface area contributed by atoms with Crippen molar-refractivity contribution in [2.24, 2.45) is 0 Å². The van der Waals surface area contributed by atoms with Crippen molar-refractivity contribution in [2.45, 2.75) is 6.92 Å². The summed E-state index contributed by atoms with van der Waals surface area (Å²) >= 11 is 0. The minimum Gasteiger partial charge on any atom is -0.477 e. The zero-order valence-corrected chi connectivity index (χ0v) is 10.8. The number of nitrogens with zero attached hydrogens (tertiary/aromatic N) is 2. The lowest BCUT2D eigenvalue weighted by atomic mass is 10.2. The van der Waals surface area contributed by atoms with Gasteiger partial charge >= 0.3 is 11.7 Å². The first kappa shape index (κ1) is 14.4. The molecule has 0 fully saturated rings. The molecule has 0 saturated heterocycles. The third kappa shape index (κ3) is 3.11. The van der Waals surface area contributed by atoms with Gasteiger partial charge in [-0.2, -0.15) is 0 Å². The molecular formula is C13H10FN3O4. The van der Waals surface area contributed by atoms with Crippen LogP contribution in [-0.2, 0) is 0 Å². The van der Waals surface area contributed by atoms with Gasteiger partial charge in [-0.25, -0.2) is 14.2 Å². The number of aryl methyl sites for hydroxylation is 1. The van der Waals surface area contributed by atoms with Gasteiger partial charge in [0, 0.05) is 6.07 Å². The van der Waals surface area contributed by atoms with E-state index >= 15 is 0 Å². The number of aromatic carboxylic acids is 1. The number of hydrogen-bond donors (Lipinski definition) is 2. The van der Waals surface area contributed by atoms with Crippen LogP contribution in [0.3, 0.4) is 0 Å². The van der Waals surface area contributed by atoms with Crippen LogP contribution in [0, 0.1) is 22.9 Å². The van der Waals surface area contributed by atoms with Crippen molar-refractivity contribution in [3.05, 3.63) is 57.5 Å². The van der Waals surface area contributed by atoms with Gasteiger partial charge in [-0.3, -0.25) is 10.1 Å². The lowest BCUT2D eigenvalue weighted by molar-refractivity contribution is -0.385. The maximum absolute atomic E-state index is 13.7. The Morgan fingerprint density at radius 1 is 1.43 bits per heavy atom. The predicted octanol–water partition coefficient (Wildman–Crippen LogP) is 2.88. The third-order valence-electron chi connectivity index (χ3n) is 2.70. The molecule has 2 rings (SSSR count). The number of pyridine rings is 1. The van der Waals surface area contributed by atoms with E-state index in [1.807, 2.05) is 0 Å². The summed E-state index contributed by atoms with van der Waals surface area (Å²) in [6.45, 7) is 1.72. The number of anilines is 2. The summed E-state index contributed by atoms with van der Waals surface area (Å²) in [6.07, 6.45) is 0.817. The Labute approximate surface area is 118 Å². The van der Waals surface area contributed by atoms with Crippen LogP contribution >= 0.6 is 0 Å². The van der Waals surface area contributed by atoms with E-state index in [2.05, 4.69) is 10.3 Å². The second-order valence-corrected chi connectivity index (χ2v) is 4.26. The smallest absolute Gasteiger partial charge is 0.342 e. The number of rotatable bonds is 4. The molecule has 21 heavy (non-hydrogen) atoms. The van der Waals surface area contributed by atoms with Crippen LogP contribution in [0.25, 0.3) is 0 Å². The zero-order valence-electron chi connectivity index (χ0n) is 10.8. The number of benzene rings is 1. The van der Waals surface area contributed by atoms with Gasteiger partial charge in [0.2, 0.25) is 0 Å². The van der Waals surface area contributed by atoms with E-state index in [1.54, 1.807) is 13.0 Å². The molecule has 1 aromatic heterocycles. The number of aromatic nitrogens is 1. The van der Waals surface area contributed by atoms with Crippen molar-refractivity contribution in [2.75, 3.05) is 5.32 Å². The summed E-state index contributed by atoms with van der Waals surface area (Å²) in [7, 11) is 0. The van der Waals surface area contributed by atoms with Gasteiger partial charge < -0.3 is 10.4 Å². The first-order chi connectivity index (χ1) is 9.88. The summed E-state index contributed by atoms with van der Waals surface area (Å²) in [5.41, 5.74) is -0.332. The van der Waals surface area contributed by atoms with Crippen LogP contribution in [0.15, 0.2) is 30.5 Å². The van der Waals surface area contributed by atoms with Crippen LogP contribution in [0.5, 0.6) is 0 Å². The van der Waals surface area contributed by atoms with E-state index in [4.69, 9.17) is 5.11 Å². The number of nitrogens with one attached hydrogen (secondary N) is 1. The van der Waals surface area contributed by atoms with Crippen LogP contribution in [0.4, 0.5) is 21.6 Å². The average Bonchev–Trinajstić information content (AvgIpc) is 2.41. The fourth-order valence-corrected chi connectivity index (χ4v) is 1.69. The van der Waals surface area contributed by atoms with E-state index in [1.165, 1.54) is 12.1 Å². The summed E-state index contributed by atoms with van der Waals surface area (Å²) in [5, 5.41) is 22.3. The number of halogens is 1. The average molecular weight is 291 g/mol. The van der Waals surface area contributed by atoms with E-state index < -0.39 is 28.0 Å². The second-order valence-electron chi connectivity index (χ2n) is 4.26. The Kier molecular flexibility index (Phi) is 3.79. The van der Waals surface area contributed by atoms with Crippen molar-refractivity contribution < 1.29 is 19.2 Å². The van der Waals surface area contributed by atoms with Crippen molar-refractivity contribution >= 4 is 23.2 Å². The Hall–Kier alpha value is -3.03. The van der Waals surface area contributed by atoms with Crippen molar-refractivity contribution in [1.82, 2.24) is 4.98 Å². The van der Waals surface area contributed by atoms with Crippen LogP contribution in [-0.4, -0.2) is 21.0 Å². The predicted molar refractivity (Wildman–Crippen MR) is 72.3 cm³/mol. The molecule has 0 saturated carbocycles. The SMILES string of the molecule is Cc1ccc(Nc2cc(C(=O)O)c([N+](=O)[O-])cn2)c(F)c1. The first-order valence-electron chi connectivity index (χ1n) is 5.79. The Morgan fingerprint density at radius 3 is 2.71 bits per heavy atom. The number of carbonyl (C=O) groups is 1. The summed E-state index contributed by atoms with van der Waals surface area (Å²) in [6, 6.07) is 5.41. The molecule has 2 aromatic rings. The first-order valence-corrected chi connectivity index (χ1v) is 5.79. The summed E-state index contributed by atoms with van der Waals surface area (Å²) in [5.74, 6) is -2.00. The fraction of sp³-hybridized carbons (Fsp3) is 0.0769. The lowest BCUT2D eigenvalue weighted by Crippen LogP contribution is -2.05. The van der Waals surface area contributed by atoms with E-state index in [9.17, 15) is 19.3 Å². The molecule has 0 aliphatic carbocycles. The van der Waals surface area contributed by atoms with Crippen LogP contribution in [0.1, 0.15) is 15.9 Å². The molecule has 0 aliphatic rings. The normalized spacial score (nSPS) is 10.2. The standard InChI is InChI=1S/C13H10FN3O4/c1-7-2-3-10(9(14)4-7)16-12-5-8(13(18)19)11(6-15-12)17(20)21/h2-6H,1H3,(H,15,16)(H,18,19). The maximum atomic E-state index is 13.7. The molecule has 0 spiro atoms. The maximum Gasteiger partial charge on any atom is 0.342 e. The highest BCUT2D eigenvalue weighted by Crippen LogP contribution is 2.24. The Balaban J connectivity index is 2.39. The molecule has 7 nitrogen and oxygen atoms in total. The molecule has 0 bridgehead atoms. The van der Waals surface area contributed by atoms with Gasteiger partial charge in [0.1, 0.15) is 23.4 Å². The summed E-state index contributed by atoms with van der Waals surface area (Å²) < 4.78 is 13.7. The largest absolute Gasteiger partial charge is 0.477 e. The number of hydrogen-bond acceptors (Lipinski definition) is 5. The zero-order chi connectivity index (χ0) is 15.6. The monoisotopic (exact) mass is 291 g/mol. The molecule has 0 unspecified atom stereocenters. The van der Waals surface area contributed by atoms with Gasteiger partial charge in [0.15, 0.2) is 0 Å². The molecule has 108 valence electrons. The molecule has 1 aromatic carbocycles. The van der Waals surface area contributed by atoms with Gasteiger partial charge in [0.25, 0.3) is 0 Å². The lowest BCUT2D eigenvalue weighted by Gasteiger charge is -2.08. The minimum atomic E-state index is -1.46. The quantitative estimate of drug-likeness (QED) is 0.662. The van der Waals surface area contributed by atoms with Gasteiger partial charge in [-0.1, -0.05) is 6.07 Å². The molecule has 0 aliphatic heterocycles. The van der Waals surface area contributed by atoms with Crippen molar-refractivity contribution in [3.8, 4) is 0 Å². The topological polar surface area (TPSA) is 105 Å². The van der Waals surface area contributed by atoms with E-state index in [0.29, 0.717) is 0 Å². The van der Waals surface area contributed by atoms with Gasteiger partial charge in [-0.05, 0) is 24.6 Å². The van der Waals surface area contributed by atoms with Crippen molar-refractivity contribution in [1.29, 1.82) is 0 Å². The number of carboxylic acid groups (broad SMARTS) is 1. The minimum absolute atomic E-state index is 0.000697. The fourth-order valence-electron chi connectivity index (χ4n) is 1.69. The second kappa shape index (κ2) is 5.53. The van der Waals surface area contributed by atoms with E-state index in [-0.39, 0.29) is 11.5 Å². The van der Waals surface area contributed by atoms with Gasteiger partial charge in [-0.15, -0.1) is 0 Å². The van der Waals surface area contributed by atoms with Crippen LogP contribution in [0.2, 0.25) is 0 Å². The molecular weight excluding hydrogens is 281 g/mol. The molecule has 8 heteroatoms. The highest BCUT2D eigenvalue weighted by molar-refractivity contribution is 5.93. The van der Waals surface area contributed by atoms with Crippen molar-refractivity contribution in [3.63, 3.8) is 0 Å². The molecule has 1 heterocycles. The highest BCUT2D eigenvalue weighted by Gasteiger charge is 2.21. The third-order valence-corrected chi connectivity index (χ3v) is 2.70. The van der Waals surface area contributed by atoms with E-state index in [0.717, 1.165) is 17.8 Å². The Morgan fingerprint density at radius 2 is 2.14 bits per heavy atom.